The molecule has 3 heteroatoms. The second kappa shape index (κ2) is 6.36. The summed E-state index contributed by atoms with van der Waals surface area (Å²) in [7, 11) is 0. The Bertz CT molecular complexity index is 414. The van der Waals surface area contributed by atoms with Crippen molar-refractivity contribution in [1.82, 2.24) is 9.78 Å². The number of rotatable bonds is 5. The Balaban J connectivity index is 1.99. The Labute approximate surface area is 116 Å². The number of aromatic nitrogens is 2. The molecule has 0 saturated heterocycles. The highest BCUT2D eigenvalue weighted by atomic mass is 16.1. The van der Waals surface area contributed by atoms with Gasteiger partial charge in [-0.3, -0.25) is 9.48 Å². The zero-order chi connectivity index (χ0) is 13.8. The second-order valence-electron chi connectivity index (χ2n) is 6.16. The molecule has 0 amide bonds. The fourth-order valence-corrected chi connectivity index (χ4v) is 3.19. The van der Waals surface area contributed by atoms with E-state index in [2.05, 4.69) is 25.9 Å². The van der Waals surface area contributed by atoms with Gasteiger partial charge in [-0.15, -0.1) is 0 Å². The minimum absolute atomic E-state index is 0.224. The van der Waals surface area contributed by atoms with Crippen molar-refractivity contribution >= 4 is 5.78 Å². The van der Waals surface area contributed by atoms with E-state index >= 15 is 0 Å². The predicted molar refractivity (Wildman–Crippen MR) is 77.1 cm³/mol. The summed E-state index contributed by atoms with van der Waals surface area (Å²) < 4.78 is 1.87. The first-order chi connectivity index (χ1) is 9.13. The van der Waals surface area contributed by atoms with E-state index in [-0.39, 0.29) is 5.92 Å². The third kappa shape index (κ3) is 3.26. The molecule has 0 radical (unpaired) electrons. The summed E-state index contributed by atoms with van der Waals surface area (Å²) in [5.41, 5.74) is 0.815. The minimum atomic E-state index is 0.224. The zero-order valence-electron chi connectivity index (χ0n) is 12.4. The van der Waals surface area contributed by atoms with Gasteiger partial charge in [0.2, 0.25) is 0 Å². The smallest absolute Gasteiger partial charge is 0.183 e. The van der Waals surface area contributed by atoms with Crippen LogP contribution in [0.3, 0.4) is 0 Å². The molecule has 0 aromatic carbocycles. The van der Waals surface area contributed by atoms with Crippen molar-refractivity contribution in [3.8, 4) is 0 Å². The van der Waals surface area contributed by atoms with Crippen LogP contribution in [0.4, 0.5) is 0 Å². The second-order valence-corrected chi connectivity index (χ2v) is 6.16. The number of hydrogen-bond acceptors (Lipinski definition) is 2. The van der Waals surface area contributed by atoms with Gasteiger partial charge >= 0.3 is 0 Å². The maximum absolute atomic E-state index is 12.6. The van der Waals surface area contributed by atoms with Crippen molar-refractivity contribution < 1.29 is 4.79 Å². The van der Waals surface area contributed by atoms with Crippen LogP contribution in [-0.2, 0) is 6.54 Å². The molecule has 0 bridgehead atoms. The Kier molecular flexibility index (Phi) is 4.78. The largest absolute Gasteiger partial charge is 0.292 e. The Hall–Kier alpha value is -1.12. The number of carbonyl (C=O) groups excluding carboxylic acids is 1. The summed E-state index contributed by atoms with van der Waals surface area (Å²) in [6.45, 7) is 7.55. The number of Topliss-reactive ketones (excluding diaryl/α,β-unsaturated/α-hetero) is 1. The van der Waals surface area contributed by atoms with Gasteiger partial charge in [0, 0.05) is 18.7 Å². The number of carbonyl (C=O) groups is 1. The molecule has 0 spiro atoms. The van der Waals surface area contributed by atoms with E-state index in [4.69, 9.17) is 0 Å². The maximum atomic E-state index is 12.6. The molecule has 19 heavy (non-hydrogen) atoms. The molecule has 1 aliphatic carbocycles. The SMILES string of the molecule is CCCn1nccc1C(=O)C1CCC(C(C)C)CC1. The maximum Gasteiger partial charge on any atom is 0.183 e. The van der Waals surface area contributed by atoms with Gasteiger partial charge in [-0.25, -0.2) is 0 Å². The molecule has 0 aliphatic heterocycles. The summed E-state index contributed by atoms with van der Waals surface area (Å²) in [6.07, 6.45) is 7.29. The van der Waals surface area contributed by atoms with E-state index < -0.39 is 0 Å². The third-order valence-corrected chi connectivity index (χ3v) is 4.49. The molecule has 1 aromatic heterocycles. The van der Waals surface area contributed by atoms with Crippen LogP contribution in [0, 0.1) is 17.8 Å². The number of aryl methyl sites for hydroxylation is 1. The fraction of sp³-hybridized carbons (Fsp3) is 0.750. The molecule has 0 unspecified atom stereocenters. The van der Waals surface area contributed by atoms with Crippen molar-refractivity contribution in [2.75, 3.05) is 0 Å². The van der Waals surface area contributed by atoms with E-state index in [1.165, 1.54) is 12.8 Å². The monoisotopic (exact) mass is 262 g/mol. The molecular weight excluding hydrogens is 236 g/mol. The van der Waals surface area contributed by atoms with Gasteiger partial charge in [0.15, 0.2) is 5.78 Å². The predicted octanol–water partition coefficient (Wildman–Crippen LogP) is 3.94. The first-order valence-corrected chi connectivity index (χ1v) is 7.69. The molecule has 0 N–H and O–H groups in total. The van der Waals surface area contributed by atoms with E-state index in [0.717, 1.165) is 43.3 Å². The van der Waals surface area contributed by atoms with Gasteiger partial charge in [0.25, 0.3) is 0 Å². The molecule has 1 aliphatic rings. The Morgan fingerprint density at radius 2 is 2.05 bits per heavy atom. The molecule has 0 atom stereocenters. The number of nitrogens with zero attached hydrogens (tertiary/aromatic N) is 2. The highest BCUT2D eigenvalue weighted by molar-refractivity contribution is 5.96. The highest BCUT2D eigenvalue weighted by Crippen LogP contribution is 2.34. The summed E-state index contributed by atoms with van der Waals surface area (Å²) in [5, 5.41) is 4.26. The highest BCUT2D eigenvalue weighted by Gasteiger charge is 2.29. The lowest BCUT2D eigenvalue weighted by molar-refractivity contribution is 0.0847. The van der Waals surface area contributed by atoms with Crippen molar-refractivity contribution in [2.24, 2.45) is 17.8 Å². The normalized spacial score (nSPS) is 23.8. The van der Waals surface area contributed by atoms with Crippen LogP contribution >= 0.6 is 0 Å². The minimum Gasteiger partial charge on any atom is -0.292 e. The molecule has 1 heterocycles. The summed E-state index contributed by atoms with van der Waals surface area (Å²) in [4.78, 5) is 12.6. The van der Waals surface area contributed by atoms with Crippen LogP contribution < -0.4 is 0 Å². The van der Waals surface area contributed by atoms with Gasteiger partial charge in [0.05, 0.1) is 0 Å². The van der Waals surface area contributed by atoms with E-state index in [1.54, 1.807) is 6.20 Å². The first-order valence-electron chi connectivity index (χ1n) is 7.69. The number of ketones is 1. The van der Waals surface area contributed by atoms with Crippen LogP contribution in [-0.4, -0.2) is 15.6 Å². The van der Waals surface area contributed by atoms with Crippen LogP contribution in [0.1, 0.15) is 63.4 Å². The fourth-order valence-electron chi connectivity index (χ4n) is 3.19. The molecule has 1 aromatic rings. The van der Waals surface area contributed by atoms with Gasteiger partial charge in [-0.05, 0) is 50.0 Å². The number of hydrogen-bond donors (Lipinski definition) is 0. The average Bonchev–Trinajstić information content (AvgIpc) is 2.87. The topological polar surface area (TPSA) is 34.9 Å². The van der Waals surface area contributed by atoms with Crippen molar-refractivity contribution in [1.29, 1.82) is 0 Å². The van der Waals surface area contributed by atoms with Crippen LogP contribution in [0.5, 0.6) is 0 Å². The van der Waals surface area contributed by atoms with Gasteiger partial charge < -0.3 is 0 Å². The molecular formula is C16H26N2O. The van der Waals surface area contributed by atoms with Gasteiger partial charge in [-0.1, -0.05) is 20.8 Å². The van der Waals surface area contributed by atoms with Crippen molar-refractivity contribution in [3.05, 3.63) is 18.0 Å². The van der Waals surface area contributed by atoms with Crippen LogP contribution in [0.25, 0.3) is 0 Å². The van der Waals surface area contributed by atoms with E-state index in [9.17, 15) is 4.79 Å². The lowest BCUT2D eigenvalue weighted by Crippen LogP contribution is -2.26. The summed E-state index contributed by atoms with van der Waals surface area (Å²) in [5.74, 6) is 2.10. The third-order valence-electron chi connectivity index (χ3n) is 4.49. The molecule has 2 rings (SSSR count). The standard InChI is InChI=1S/C16H26N2O/c1-4-11-18-15(9-10-17-18)16(19)14-7-5-13(6-8-14)12(2)3/h9-10,12-14H,4-8,11H2,1-3H3. The van der Waals surface area contributed by atoms with Crippen molar-refractivity contribution in [2.45, 2.75) is 59.4 Å². The summed E-state index contributed by atoms with van der Waals surface area (Å²) in [6, 6.07) is 1.88. The molecule has 3 nitrogen and oxygen atoms in total. The van der Waals surface area contributed by atoms with Crippen LogP contribution in [0.15, 0.2) is 12.3 Å². The van der Waals surface area contributed by atoms with Crippen molar-refractivity contribution in [3.63, 3.8) is 0 Å². The summed E-state index contributed by atoms with van der Waals surface area (Å²) >= 11 is 0. The van der Waals surface area contributed by atoms with Crippen LogP contribution in [0.2, 0.25) is 0 Å². The Morgan fingerprint density at radius 1 is 1.37 bits per heavy atom. The van der Waals surface area contributed by atoms with Gasteiger partial charge in [-0.2, -0.15) is 5.10 Å². The quantitative estimate of drug-likeness (QED) is 0.753. The van der Waals surface area contributed by atoms with Gasteiger partial charge in [0.1, 0.15) is 5.69 Å². The average molecular weight is 262 g/mol. The molecule has 106 valence electrons. The lowest BCUT2D eigenvalue weighted by Gasteiger charge is -2.30. The molecule has 1 saturated carbocycles. The first kappa shape index (κ1) is 14.3. The molecule has 1 fully saturated rings. The van der Waals surface area contributed by atoms with E-state index in [1.807, 2.05) is 10.7 Å². The van der Waals surface area contributed by atoms with E-state index in [0.29, 0.717) is 5.78 Å². The zero-order valence-corrected chi connectivity index (χ0v) is 12.4. The lowest BCUT2D eigenvalue weighted by atomic mass is 9.75. The Morgan fingerprint density at radius 3 is 2.63 bits per heavy atom.